The van der Waals surface area contributed by atoms with Crippen molar-refractivity contribution in [2.75, 3.05) is 7.05 Å². The van der Waals surface area contributed by atoms with Crippen molar-refractivity contribution in [2.24, 2.45) is 4.99 Å². The Balaban J connectivity index is 1.84. The average Bonchev–Trinajstić information content (AvgIpc) is 3.09. The summed E-state index contributed by atoms with van der Waals surface area (Å²) >= 11 is 1.61. The highest BCUT2D eigenvalue weighted by atomic mass is 32.1. The zero-order chi connectivity index (χ0) is 15.3. The topological polar surface area (TPSA) is 75.3 Å². The van der Waals surface area contributed by atoms with E-state index in [1.165, 1.54) is 0 Å². The van der Waals surface area contributed by atoms with Crippen LogP contribution in [0.4, 0.5) is 0 Å². The predicted molar refractivity (Wildman–Crippen MR) is 84.4 cm³/mol. The van der Waals surface area contributed by atoms with Gasteiger partial charge in [-0.1, -0.05) is 20.8 Å². The number of thiazole rings is 1. The van der Waals surface area contributed by atoms with Crippen molar-refractivity contribution in [2.45, 2.75) is 39.3 Å². The Labute approximate surface area is 128 Å². The smallest absolute Gasteiger partial charge is 0.213 e. The van der Waals surface area contributed by atoms with Gasteiger partial charge in [0.2, 0.25) is 5.89 Å². The number of nitrogens with zero attached hydrogens (tertiary/aromatic N) is 3. The molecule has 2 N–H and O–H groups in total. The second-order valence-electron chi connectivity index (χ2n) is 5.57. The molecule has 0 bridgehead atoms. The summed E-state index contributed by atoms with van der Waals surface area (Å²) in [4.78, 5) is 12.7. The molecule has 0 spiro atoms. The zero-order valence-electron chi connectivity index (χ0n) is 12.8. The first-order valence-electron chi connectivity index (χ1n) is 6.77. The molecule has 114 valence electrons. The minimum Gasteiger partial charge on any atom is -0.443 e. The first-order valence-corrected chi connectivity index (χ1v) is 7.65. The minimum atomic E-state index is -0.0317. The average molecular weight is 307 g/mol. The van der Waals surface area contributed by atoms with E-state index in [1.54, 1.807) is 30.8 Å². The van der Waals surface area contributed by atoms with Gasteiger partial charge in [0.15, 0.2) is 5.96 Å². The van der Waals surface area contributed by atoms with Crippen molar-refractivity contribution >= 4 is 17.3 Å². The van der Waals surface area contributed by atoms with E-state index in [0.717, 1.165) is 10.8 Å². The molecule has 0 aromatic carbocycles. The number of rotatable bonds is 4. The second kappa shape index (κ2) is 6.71. The summed E-state index contributed by atoms with van der Waals surface area (Å²) in [6, 6.07) is 0. The summed E-state index contributed by atoms with van der Waals surface area (Å²) < 4.78 is 5.73. The molecule has 0 aliphatic heterocycles. The Hall–Kier alpha value is -1.89. The molecule has 0 atom stereocenters. The second-order valence-corrected chi connectivity index (χ2v) is 6.55. The van der Waals surface area contributed by atoms with Gasteiger partial charge in [-0.05, 0) is 0 Å². The predicted octanol–water partition coefficient (Wildman–Crippen LogP) is 2.29. The minimum absolute atomic E-state index is 0.0317. The van der Waals surface area contributed by atoms with Crippen LogP contribution in [0.5, 0.6) is 0 Å². The van der Waals surface area contributed by atoms with E-state index in [-0.39, 0.29) is 5.41 Å². The maximum atomic E-state index is 5.73. The molecule has 2 heterocycles. The lowest BCUT2D eigenvalue weighted by atomic mass is 9.94. The summed E-state index contributed by atoms with van der Waals surface area (Å²) in [5.41, 5.74) is -0.0317. The molecule has 0 fully saturated rings. The van der Waals surface area contributed by atoms with Crippen LogP contribution in [0.15, 0.2) is 27.2 Å². The van der Waals surface area contributed by atoms with Crippen molar-refractivity contribution in [3.05, 3.63) is 34.4 Å². The van der Waals surface area contributed by atoms with Crippen LogP contribution >= 0.6 is 11.3 Å². The largest absolute Gasteiger partial charge is 0.443 e. The van der Waals surface area contributed by atoms with Gasteiger partial charge >= 0.3 is 0 Å². The van der Waals surface area contributed by atoms with E-state index < -0.39 is 0 Å². The van der Waals surface area contributed by atoms with Gasteiger partial charge < -0.3 is 15.1 Å². The number of hydrogen-bond acceptors (Lipinski definition) is 5. The molecule has 0 aliphatic carbocycles. The fourth-order valence-corrected chi connectivity index (χ4v) is 2.17. The fraction of sp³-hybridized carbons (Fsp3) is 0.500. The number of hydrogen-bond donors (Lipinski definition) is 2. The van der Waals surface area contributed by atoms with E-state index >= 15 is 0 Å². The molecule has 2 rings (SSSR count). The van der Waals surface area contributed by atoms with Crippen LogP contribution in [0.3, 0.4) is 0 Å². The number of aliphatic imine (C=N–C) groups is 1. The SMILES string of the molecule is CN=C(NCc1ncc(C(C)(C)C)o1)NCc1nccs1. The highest BCUT2D eigenvalue weighted by Gasteiger charge is 2.19. The Morgan fingerprint density at radius 2 is 2.05 bits per heavy atom. The lowest BCUT2D eigenvalue weighted by Gasteiger charge is -2.13. The zero-order valence-corrected chi connectivity index (χ0v) is 13.6. The third-order valence-electron chi connectivity index (χ3n) is 2.81. The van der Waals surface area contributed by atoms with Crippen LogP contribution in [0.25, 0.3) is 0 Å². The van der Waals surface area contributed by atoms with Crippen LogP contribution in [-0.4, -0.2) is 23.0 Å². The van der Waals surface area contributed by atoms with Crippen LogP contribution < -0.4 is 10.6 Å². The molecule has 7 heteroatoms. The Morgan fingerprint density at radius 3 is 2.62 bits per heavy atom. The van der Waals surface area contributed by atoms with Crippen molar-refractivity contribution in [1.29, 1.82) is 0 Å². The molecule has 2 aromatic rings. The molecule has 21 heavy (non-hydrogen) atoms. The number of guanidine groups is 1. The Bertz CT molecular complexity index is 583. The van der Waals surface area contributed by atoms with E-state index in [4.69, 9.17) is 4.42 Å². The van der Waals surface area contributed by atoms with Gasteiger partial charge in [-0.3, -0.25) is 4.99 Å². The quantitative estimate of drug-likeness (QED) is 0.669. The molecule has 0 saturated carbocycles. The van der Waals surface area contributed by atoms with E-state index in [0.29, 0.717) is 24.9 Å². The molecule has 6 nitrogen and oxygen atoms in total. The molecule has 0 saturated heterocycles. The molecule has 0 unspecified atom stereocenters. The van der Waals surface area contributed by atoms with Gasteiger partial charge in [0.1, 0.15) is 10.8 Å². The number of aromatic nitrogens is 2. The van der Waals surface area contributed by atoms with Crippen LogP contribution in [-0.2, 0) is 18.5 Å². The highest BCUT2D eigenvalue weighted by Crippen LogP contribution is 2.22. The standard InChI is InChI=1S/C14H21N5OS/c1-14(2,3)10-7-17-11(20-10)8-18-13(15-4)19-9-12-16-5-6-21-12/h5-7H,8-9H2,1-4H3,(H2,15,18,19). The Kier molecular flexibility index (Phi) is 4.95. The number of nitrogens with one attached hydrogen (secondary N) is 2. The van der Waals surface area contributed by atoms with Gasteiger partial charge in [-0.25, -0.2) is 9.97 Å². The summed E-state index contributed by atoms with van der Waals surface area (Å²) in [5, 5.41) is 9.34. The summed E-state index contributed by atoms with van der Waals surface area (Å²) in [5.74, 6) is 2.22. The molecule has 0 aliphatic rings. The van der Waals surface area contributed by atoms with E-state index in [2.05, 4.69) is 46.4 Å². The van der Waals surface area contributed by atoms with Gasteiger partial charge in [0.25, 0.3) is 0 Å². The lowest BCUT2D eigenvalue weighted by Crippen LogP contribution is -2.36. The summed E-state index contributed by atoms with van der Waals surface area (Å²) in [6.45, 7) is 7.43. The third-order valence-corrected chi connectivity index (χ3v) is 3.59. The fourth-order valence-electron chi connectivity index (χ4n) is 1.62. The molecule has 0 amide bonds. The first-order chi connectivity index (χ1) is 9.99. The van der Waals surface area contributed by atoms with Crippen molar-refractivity contribution in [1.82, 2.24) is 20.6 Å². The van der Waals surface area contributed by atoms with E-state index in [9.17, 15) is 0 Å². The van der Waals surface area contributed by atoms with Crippen molar-refractivity contribution < 1.29 is 4.42 Å². The molecule has 0 radical (unpaired) electrons. The first kappa shape index (κ1) is 15.5. The summed E-state index contributed by atoms with van der Waals surface area (Å²) in [6.07, 6.45) is 3.57. The molecule has 2 aromatic heterocycles. The monoisotopic (exact) mass is 307 g/mol. The van der Waals surface area contributed by atoms with Gasteiger partial charge in [0, 0.05) is 24.0 Å². The normalized spacial score (nSPS) is 12.5. The van der Waals surface area contributed by atoms with Gasteiger partial charge in [-0.15, -0.1) is 11.3 Å². The van der Waals surface area contributed by atoms with Crippen molar-refractivity contribution in [3.63, 3.8) is 0 Å². The van der Waals surface area contributed by atoms with Crippen LogP contribution in [0.1, 0.15) is 37.4 Å². The van der Waals surface area contributed by atoms with Crippen LogP contribution in [0.2, 0.25) is 0 Å². The molecular weight excluding hydrogens is 286 g/mol. The van der Waals surface area contributed by atoms with E-state index in [1.807, 2.05) is 5.38 Å². The maximum absolute atomic E-state index is 5.73. The Morgan fingerprint density at radius 1 is 1.29 bits per heavy atom. The lowest BCUT2D eigenvalue weighted by molar-refractivity contribution is 0.379. The number of oxazole rings is 1. The summed E-state index contributed by atoms with van der Waals surface area (Å²) in [7, 11) is 1.73. The third kappa shape index (κ3) is 4.56. The molecular formula is C14H21N5OS. The van der Waals surface area contributed by atoms with Gasteiger partial charge in [0.05, 0.1) is 19.3 Å². The van der Waals surface area contributed by atoms with Crippen LogP contribution in [0, 0.1) is 0 Å². The van der Waals surface area contributed by atoms with Gasteiger partial charge in [-0.2, -0.15) is 0 Å². The highest BCUT2D eigenvalue weighted by molar-refractivity contribution is 7.09. The van der Waals surface area contributed by atoms with Crippen molar-refractivity contribution in [3.8, 4) is 0 Å². The maximum Gasteiger partial charge on any atom is 0.213 e.